The molecule has 0 radical (unpaired) electrons. The van der Waals surface area contributed by atoms with Crippen molar-refractivity contribution in [3.8, 4) is 0 Å². The molecular formula is C19H27NO. The van der Waals surface area contributed by atoms with Gasteiger partial charge in [0.2, 0.25) is 0 Å². The van der Waals surface area contributed by atoms with Gasteiger partial charge in [0.1, 0.15) is 11.3 Å². The molecule has 0 spiro atoms. The normalized spacial score (nSPS) is 26.9. The van der Waals surface area contributed by atoms with Crippen LogP contribution in [0.5, 0.6) is 0 Å². The molecule has 1 aliphatic carbocycles. The maximum Gasteiger partial charge on any atom is 0.134 e. The molecule has 0 bridgehead atoms. The van der Waals surface area contributed by atoms with E-state index >= 15 is 0 Å². The third-order valence-electron chi connectivity index (χ3n) is 4.74. The van der Waals surface area contributed by atoms with Gasteiger partial charge in [-0.2, -0.15) is 0 Å². The predicted octanol–water partition coefficient (Wildman–Crippen LogP) is 5.30. The molecule has 114 valence electrons. The fourth-order valence-electron chi connectivity index (χ4n) is 4.12. The van der Waals surface area contributed by atoms with Crippen LogP contribution in [-0.2, 0) is 0 Å². The van der Waals surface area contributed by atoms with Gasteiger partial charge in [0.25, 0.3) is 0 Å². The van der Waals surface area contributed by atoms with Crippen molar-refractivity contribution in [3.05, 3.63) is 36.1 Å². The molecule has 2 aromatic rings. The Kier molecular flexibility index (Phi) is 3.83. The summed E-state index contributed by atoms with van der Waals surface area (Å²) in [5.74, 6) is 1.85. The maximum absolute atomic E-state index is 5.99. The monoisotopic (exact) mass is 285 g/mol. The fourth-order valence-corrected chi connectivity index (χ4v) is 4.12. The fraction of sp³-hybridized carbons (Fsp3) is 0.579. The highest BCUT2D eigenvalue weighted by Gasteiger charge is 2.32. The van der Waals surface area contributed by atoms with E-state index in [0.29, 0.717) is 11.5 Å². The second kappa shape index (κ2) is 5.49. The standard InChI is InChI=1S/C19H27NO/c1-13-9-16(12-19(3,4)11-13)20-14(2)18-10-15-7-5-6-8-17(15)21-18/h5-8,10,13-14,16,20H,9,11-12H2,1-4H3. The molecule has 1 aromatic heterocycles. The molecule has 1 fully saturated rings. The number of hydrogen-bond donors (Lipinski definition) is 1. The van der Waals surface area contributed by atoms with Gasteiger partial charge in [-0.3, -0.25) is 0 Å². The van der Waals surface area contributed by atoms with Crippen molar-refractivity contribution in [2.75, 3.05) is 0 Å². The summed E-state index contributed by atoms with van der Waals surface area (Å²) < 4.78 is 5.99. The molecule has 21 heavy (non-hydrogen) atoms. The van der Waals surface area contributed by atoms with Crippen LogP contribution in [0.2, 0.25) is 0 Å². The topological polar surface area (TPSA) is 25.2 Å². The lowest BCUT2D eigenvalue weighted by Crippen LogP contribution is -2.41. The summed E-state index contributed by atoms with van der Waals surface area (Å²) in [5.41, 5.74) is 1.43. The van der Waals surface area contributed by atoms with Gasteiger partial charge in [0.15, 0.2) is 0 Å². The van der Waals surface area contributed by atoms with Crippen LogP contribution in [0.4, 0.5) is 0 Å². The minimum absolute atomic E-state index is 0.267. The van der Waals surface area contributed by atoms with Crippen molar-refractivity contribution in [2.24, 2.45) is 11.3 Å². The van der Waals surface area contributed by atoms with E-state index in [9.17, 15) is 0 Å². The second-order valence-electron chi connectivity index (χ2n) is 7.69. The van der Waals surface area contributed by atoms with Gasteiger partial charge in [0, 0.05) is 11.4 Å². The molecule has 0 aliphatic heterocycles. The maximum atomic E-state index is 5.99. The molecule has 3 rings (SSSR count). The van der Waals surface area contributed by atoms with Gasteiger partial charge in [-0.05, 0) is 49.7 Å². The summed E-state index contributed by atoms with van der Waals surface area (Å²) >= 11 is 0. The lowest BCUT2D eigenvalue weighted by Gasteiger charge is -2.40. The molecule has 0 saturated heterocycles. The van der Waals surface area contributed by atoms with Crippen molar-refractivity contribution >= 4 is 11.0 Å². The SMILES string of the molecule is CC1CC(NC(C)c2cc3ccccc3o2)CC(C)(C)C1. The highest BCUT2D eigenvalue weighted by atomic mass is 16.3. The first kappa shape index (κ1) is 14.6. The second-order valence-corrected chi connectivity index (χ2v) is 7.69. The van der Waals surface area contributed by atoms with E-state index in [1.807, 2.05) is 12.1 Å². The quantitative estimate of drug-likeness (QED) is 0.828. The van der Waals surface area contributed by atoms with Gasteiger partial charge in [-0.15, -0.1) is 0 Å². The molecule has 1 saturated carbocycles. The van der Waals surface area contributed by atoms with E-state index in [1.54, 1.807) is 0 Å². The average Bonchev–Trinajstić information content (AvgIpc) is 2.79. The third-order valence-corrected chi connectivity index (χ3v) is 4.74. The van der Waals surface area contributed by atoms with Crippen molar-refractivity contribution in [2.45, 2.75) is 59.0 Å². The van der Waals surface area contributed by atoms with Crippen LogP contribution in [0, 0.1) is 11.3 Å². The summed E-state index contributed by atoms with van der Waals surface area (Å²) in [6.07, 6.45) is 3.86. The van der Waals surface area contributed by atoms with Crippen molar-refractivity contribution in [3.63, 3.8) is 0 Å². The zero-order chi connectivity index (χ0) is 15.0. The van der Waals surface area contributed by atoms with E-state index in [-0.39, 0.29) is 6.04 Å². The Morgan fingerprint density at radius 1 is 1.24 bits per heavy atom. The predicted molar refractivity (Wildman–Crippen MR) is 88.3 cm³/mol. The number of rotatable bonds is 3. The van der Waals surface area contributed by atoms with Gasteiger partial charge in [-0.25, -0.2) is 0 Å². The van der Waals surface area contributed by atoms with Crippen LogP contribution in [0.1, 0.15) is 58.8 Å². The molecule has 0 amide bonds. The highest BCUT2D eigenvalue weighted by Crippen LogP contribution is 2.39. The van der Waals surface area contributed by atoms with E-state index in [1.165, 1.54) is 24.6 Å². The van der Waals surface area contributed by atoms with Gasteiger partial charge < -0.3 is 9.73 Å². The first-order valence-electron chi connectivity index (χ1n) is 8.17. The van der Waals surface area contributed by atoms with Crippen LogP contribution in [0.15, 0.2) is 34.7 Å². The lowest BCUT2D eigenvalue weighted by atomic mass is 9.70. The molecule has 1 aromatic carbocycles. The van der Waals surface area contributed by atoms with E-state index in [4.69, 9.17) is 4.42 Å². The Morgan fingerprint density at radius 2 is 2.00 bits per heavy atom. The molecule has 1 N–H and O–H groups in total. The first-order chi connectivity index (χ1) is 9.93. The van der Waals surface area contributed by atoms with Crippen LogP contribution < -0.4 is 5.32 Å². The van der Waals surface area contributed by atoms with Crippen LogP contribution in [0.3, 0.4) is 0 Å². The Bertz CT molecular complexity index is 580. The summed E-state index contributed by atoms with van der Waals surface area (Å²) in [6.45, 7) is 9.37. The highest BCUT2D eigenvalue weighted by molar-refractivity contribution is 5.77. The zero-order valence-electron chi connectivity index (χ0n) is 13.6. The van der Waals surface area contributed by atoms with Crippen molar-refractivity contribution in [1.29, 1.82) is 0 Å². The van der Waals surface area contributed by atoms with Gasteiger partial charge in [0.05, 0.1) is 6.04 Å². The Labute approximate surface area is 127 Å². The number of nitrogens with one attached hydrogen (secondary N) is 1. The largest absolute Gasteiger partial charge is 0.459 e. The minimum Gasteiger partial charge on any atom is -0.459 e. The summed E-state index contributed by atoms with van der Waals surface area (Å²) in [5, 5.41) is 4.98. The lowest BCUT2D eigenvalue weighted by molar-refractivity contribution is 0.143. The molecular weight excluding hydrogens is 258 g/mol. The Hall–Kier alpha value is -1.28. The Morgan fingerprint density at radius 3 is 2.71 bits per heavy atom. The minimum atomic E-state index is 0.267. The third kappa shape index (κ3) is 3.32. The smallest absolute Gasteiger partial charge is 0.134 e. The van der Waals surface area contributed by atoms with E-state index < -0.39 is 0 Å². The average molecular weight is 285 g/mol. The molecule has 2 heteroatoms. The molecule has 3 unspecified atom stereocenters. The number of para-hydroxylation sites is 1. The van der Waals surface area contributed by atoms with E-state index in [2.05, 4.69) is 51.2 Å². The van der Waals surface area contributed by atoms with Gasteiger partial charge in [-0.1, -0.05) is 39.0 Å². The number of hydrogen-bond acceptors (Lipinski definition) is 2. The molecule has 3 atom stereocenters. The number of benzene rings is 1. The van der Waals surface area contributed by atoms with E-state index in [0.717, 1.165) is 17.3 Å². The van der Waals surface area contributed by atoms with Crippen LogP contribution in [-0.4, -0.2) is 6.04 Å². The van der Waals surface area contributed by atoms with Crippen LogP contribution >= 0.6 is 0 Å². The van der Waals surface area contributed by atoms with Crippen LogP contribution in [0.25, 0.3) is 11.0 Å². The van der Waals surface area contributed by atoms with Crippen molar-refractivity contribution in [1.82, 2.24) is 5.32 Å². The number of fused-ring (bicyclic) bond motifs is 1. The van der Waals surface area contributed by atoms with Crippen molar-refractivity contribution < 1.29 is 4.42 Å². The summed E-state index contributed by atoms with van der Waals surface area (Å²) in [6, 6.07) is 11.3. The zero-order valence-corrected chi connectivity index (χ0v) is 13.6. The Balaban J connectivity index is 1.72. The summed E-state index contributed by atoms with van der Waals surface area (Å²) in [7, 11) is 0. The number of furan rings is 1. The summed E-state index contributed by atoms with van der Waals surface area (Å²) in [4.78, 5) is 0. The first-order valence-corrected chi connectivity index (χ1v) is 8.17. The molecule has 1 aliphatic rings. The molecule has 1 heterocycles. The molecule has 2 nitrogen and oxygen atoms in total. The van der Waals surface area contributed by atoms with Gasteiger partial charge >= 0.3 is 0 Å².